The third kappa shape index (κ3) is 4.51. The summed E-state index contributed by atoms with van der Waals surface area (Å²) in [5.41, 5.74) is 0.884. The molecule has 1 aromatic rings. The van der Waals surface area contributed by atoms with Gasteiger partial charge in [0.05, 0.1) is 6.10 Å². The first-order chi connectivity index (χ1) is 9.65. The first kappa shape index (κ1) is 14.8. The van der Waals surface area contributed by atoms with Crippen molar-refractivity contribution >= 4 is 23.4 Å². The van der Waals surface area contributed by atoms with Gasteiger partial charge in [0, 0.05) is 24.7 Å². The number of hydrogen-bond donors (Lipinski definition) is 2. The van der Waals surface area contributed by atoms with Crippen LogP contribution in [0.1, 0.15) is 18.4 Å². The summed E-state index contributed by atoms with van der Waals surface area (Å²) >= 11 is 5.76. The quantitative estimate of drug-likeness (QED) is 0.822. The molecule has 1 atom stereocenters. The van der Waals surface area contributed by atoms with E-state index < -0.39 is 11.8 Å². The van der Waals surface area contributed by atoms with Crippen LogP contribution in [-0.2, 0) is 20.9 Å². The number of ether oxygens (including phenoxy) is 1. The van der Waals surface area contributed by atoms with Crippen molar-refractivity contribution in [3.05, 3.63) is 34.9 Å². The predicted octanol–water partition coefficient (Wildman–Crippen LogP) is 1.25. The second kappa shape index (κ2) is 7.26. The van der Waals surface area contributed by atoms with Crippen LogP contribution < -0.4 is 10.6 Å². The van der Waals surface area contributed by atoms with E-state index in [-0.39, 0.29) is 6.10 Å². The highest BCUT2D eigenvalue weighted by Crippen LogP contribution is 2.10. The zero-order valence-corrected chi connectivity index (χ0v) is 11.8. The zero-order chi connectivity index (χ0) is 14.4. The van der Waals surface area contributed by atoms with Gasteiger partial charge >= 0.3 is 11.8 Å². The molecule has 1 heterocycles. The molecule has 0 aliphatic carbocycles. The molecule has 1 fully saturated rings. The molecule has 0 spiro atoms. The lowest BCUT2D eigenvalue weighted by Crippen LogP contribution is -2.42. The SMILES string of the molecule is O=C(NCc1ccc(Cl)cc1)C(=O)NCC1CCCO1. The van der Waals surface area contributed by atoms with Crippen LogP contribution in [0.5, 0.6) is 0 Å². The summed E-state index contributed by atoms with van der Waals surface area (Å²) in [5.74, 6) is -1.27. The van der Waals surface area contributed by atoms with Gasteiger partial charge < -0.3 is 15.4 Å². The van der Waals surface area contributed by atoms with Crippen molar-refractivity contribution in [1.82, 2.24) is 10.6 Å². The van der Waals surface area contributed by atoms with E-state index in [1.165, 1.54) is 0 Å². The Morgan fingerprint density at radius 2 is 1.90 bits per heavy atom. The molecule has 2 rings (SSSR count). The molecule has 6 heteroatoms. The van der Waals surface area contributed by atoms with E-state index in [4.69, 9.17) is 16.3 Å². The average molecular weight is 297 g/mol. The van der Waals surface area contributed by atoms with Gasteiger partial charge in [0.2, 0.25) is 0 Å². The first-order valence-corrected chi connectivity index (χ1v) is 6.95. The molecule has 0 bridgehead atoms. The second-order valence-electron chi connectivity index (χ2n) is 4.65. The summed E-state index contributed by atoms with van der Waals surface area (Å²) in [5, 5.41) is 5.77. The molecule has 2 N–H and O–H groups in total. The Morgan fingerprint density at radius 3 is 2.55 bits per heavy atom. The standard InChI is InChI=1S/C14H17ClN2O3/c15-11-5-3-10(4-6-11)8-16-13(18)14(19)17-9-12-2-1-7-20-12/h3-6,12H,1-2,7-9H2,(H,16,18)(H,17,19). The topological polar surface area (TPSA) is 67.4 Å². The third-order valence-electron chi connectivity index (χ3n) is 3.09. The predicted molar refractivity (Wildman–Crippen MR) is 75.3 cm³/mol. The van der Waals surface area contributed by atoms with Gasteiger partial charge in [-0.2, -0.15) is 0 Å². The number of rotatable bonds is 4. The number of benzene rings is 1. The summed E-state index contributed by atoms with van der Waals surface area (Å²) < 4.78 is 5.36. The maximum Gasteiger partial charge on any atom is 0.309 e. The Morgan fingerprint density at radius 1 is 1.20 bits per heavy atom. The first-order valence-electron chi connectivity index (χ1n) is 6.57. The van der Waals surface area contributed by atoms with E-state index in [1.807, 2.05) is 0 Å². The summed E-state index contributed by atoms with van der Waals surface area (Å²) in [4.78, 5) is 23.2. The number of carbonyl (C=O) groups excluding carboxylic acids is 2. The Balaban J connectivity index is 1.70. The number of carbonyl (C=O) groups is 2. The van der Waals surface area contributed by atoms with Crippen LogP contribution in [-0.4, -0.2) is 31.1 Å². The molecule has 1 unspecified atom stereocenters. The van der Waals surface area contributed by atoms with Gasteiger partial charge in [-0.1, -0.05) is 23.7 Å². The molecule has 0 radical (unpaired) electrons. The van der Waals surface area contributed by atoms with Crippen LogP contribution in [0.2, 0.25) is 5.02 Å². The lowest BCUT2D eigenvalue weighted by molar-refractivity contribution is -0.139. The molecule has 0 aromatic heterocycles. The number of amides is 2. The molecule has 108 valence electrons. The maximum atomic E-state index is 11.6. The van der Waals surface area contributed by atoms with E-state index in [1.54, 1.807) is 24.3 Å². The minimum atomic E-state index is -0.641. The fourth-order valence-electron chi connectivity index (χ4n) is 1.96. The van der Waals surface area contributed by atoms with E-state index in [0.29, 0.717) is 18.1 Å². The van der Waals surface area contributed by atoms with Gasteiger partial charge in [0.15, 0.2) is 0 Å². The van der Waals surface area contributed by atoms with Crippen molar-refractivity contribution in [2.75, 3.05) is 13.2 Å². The molecular formula is C14H17ClN2O3. The minimum Gasteiger partial charge on any atom is -0.376 e. The molecule has 5 nitrogen and oxygen atoms in total. The van der Waals surface area contributed by atoms with Crippen LogP contribution in [0.25, 0.3) is 0 Å². The Labute approximate surface area is 122 Å². The zero-order valence-electron chi connectivity index (χ0n) is 11.0. The van der Waals surface area contributed by atoms with Gasteiger partial charge in [-0.25, -0.2) is 0 Å². The highest BCUT2D eigenvalue weighted by molar-refractivity contribution is 6.35. The Hall–Kier alpha value is -1.59. The van der Waals surface area contributed by atoms with Gasteiger partial charge in [0.1, 0.15) is 0 Å². The summed E-state index contributed by atoms with van der Waals surface area (Å²) in [6.45, 7) is 1.40. The molecule has 1 saturated heterocycles. The van der Waals surface area contributed by atoms with E-state index in [2.05, 4.69) is 10.6 Å². The summed E-state index contributed by atoms with van der Waals surface area (Å²) in [6.07, 6.45) is 1.96. The van der Waals surface area contributed by atoms with Crippen LogP contribution >= 0.6 is 11.6 Å². The van der Waals surface area contributed by atoms with E-state index >= 15 is 0 Å². The molecule has 1 aliphatic heterocycles. The fourth-order valence-corrected chi connectivity index (χ4v) is 2.08. The molecule has 1 aliphatic rings. The van der Waals surface area contributed by atoms with Gasteiger partial charge in [-0.3, -0.25) is 9.59 Å². The lowest BCUT2D eigenvalue weighted by Gasteiger charge is -2.10. The van der Waals surface area contributed by atoms with E-state index in [9.17, 15) is 9.59 Å². The van der Waals surface area contributed by atoms with Crippen LogP contribution in [0.3, 0.4) is 0 Å². The van der Waals surface area contributed by atoms with E-state index in [0.717, 1.165) is 25.0 Å². The average Bonchev–Trinajstić information content (AvgIpc) is 2.97. The number of nitrogens with one attached hydrogen (secondary N) is 2. The molecular weight excluding hydrogens is 280 g/mol. The molecule has 0 saturated carbocycles. The number of hydrogen-bond acceptors (Lipinski definition) is 3. The van der Waals surface area contributed by atoms with Crippen molar-refractivity contribution < 1.29 is 14.3 Å². The minimum absolute atomic E-state index is 0.0306. The molecule has 20 heavy (non-hydrogen) atoms. The molecule has 2 amide bonds. The normalized spacial score (nSPS) is 17.8. The largest absolute Gasteiger partial charge is 0.376 e. The van der Waals surface area contributed by atoms with Crippen LogP contribution in [0, 0.1) is 0 Å². The molecule has 1 aromatic carbocycles. The number of halogens is 1. The van der Waals surface area contributed by atoms with Crippen molar-refractivity contribution in [3.63, 3.8) is 0 Å². The van der Waals surface area contributed by atoms with Gasteiger partial charge in [-0.15, -0.1) is 0 Å². The third-order valence-corrected chi connectivity index (χ3v) is 3.34. The van der Waals surface area contributed by atoms with Crippen molar-refractivity contribution in [2.24, 2.45) is 0 Å². The van der Waals surface area contributed by atoms with Gasteiger partial charge in [0.25, 0.3) is 0 Å². The highest BCUT2D eigenvalue weighted by atomic mass is 35.5. The summed E-state index contributed by atoms with van der Waals surface area (Å²) in [6, 6.07) is 7.07. The summed E-state index contributed by atoms with van der Waals surface area (Å²) in [7, 11) is 0. The fraction of sp³-hybridized carbons (Fsp3) is 0.429. The highest BCUT2D eigenvalue weighted by Gasteiger charge is 2.18. The van der Waals surface area contributed by atoms with Crippen molar-refractivity contribution in [2.45, 2.75) is 25.5 Å². The monoisotopic (exact) mass is 296 g/mol. The van der Waals surface area contributed by atoms with Crippen molar-refractivity contribution in [3.8, 4) is 0 Å². The lowest BCUT2D eigenvalue weighted by atomic mass is 10.2. The second-order valence-corrected chi connectivity index (χ2v) is 5.09. The Bertz CT molecular complexity index is 470. The van der Waals surface area contributed by atoms with Crippen LogP contribution in [0.4, 0.5) is 0 Å². The Kier molecular flexibility index (Phi) is 5.38. The van der Waals surface area contributed by atoms with Crippen LogP contribution in [0.15, 0.2) is 24.3 Å². The van der Waals surface area contributed by atoms with Crippen molar-refractivity contribution in [1.29, 1.82) is 0 Å². The smallest absolute Gasteiger partial charge is 0.309 e. The van der Waals surface area contributed by atoms with Gasteiger partial charge in [-0.05, 0) is 30.5 Å². The maximum absolute atomic E-state index is 11.6.